The van der Waals surface area contributed by atoms with Gasteiger partial charge in [0.25, 0.3) is 0 Å². The van der Waals surface area contributed by atoms with E-state index >= 15 is 0 Å². The molecule has 0 bridgehead atoms. The van der Waals surface area contributed by atoms with Gasteiger partial charge in [-0.1, -0.05) is 0 Å². The molecule has 1 aliphatic heterocycles. The van der Waals surface area contributed by atoms with E-state index in [1.165, 1.54) is 6.20 Å². The summed E-state index contributed by atoms with van der Waals surface area (Å²) in [7, 11) is 0. The highest BCUT2D eigenvalue weighted by Gasteiger charge is 2.17. The van der Waals surface area contributed by atoms with Gasteiger partial charge in [-0.2, -0.15) is 5.26 Å². The van der Waals surface area contributed by atoms with Crippen molar-refractivity contribution in [1.82, 2.24) is 9.97 Å². The Bertz CT molecular complexity index is 396. The number of anilines is 1. The molecule has 0 spiro atoms. The van der Waals surface area contributed by atoms with E-state index in [4.69, 9.17) is 5.26 Å². The molecular formula is C10H10N4O. The van der Waals surface area contributed by atoms with Crippen LogP contribution in [0.25, 0.3) is 0 Å². The van der Waals surface area contributed by atoms with Crippen molar-refractivity contribution in [1.29, 1.82) is 5.26 Å². The highest BCUT2D eigenvalue weighted by Crippen LogP contribution is 2.14. The van der Waals surface area contributed by atoms with Gasteiger partial charge in [-0.3, -0.25) is 4.79 Å². The molecule has 0 unspecified atom stereocenters. The van der Waals surface area contributed by atoms with E-state index in [0.717, 1.165) is 5.82 Å². The molecule has 0 atom stereocenters. The number of hydrogen-bond acceptors (Lipinski definition) is 5. The predicted octanol–water partition coefficient (Wildman–Crippen LogP) is 0.518. The second kappa shape index (κ2) is 4.05. The van der Waals surface area contributed by atoms with Crippen LogP contribution >= 0.6 is 0 Å². The van der Waals surface area contributed by atoms with Crippen molar-refractivity contribution in [3.63, 3.8) is 0 Å². The van der Waals surface area contributed by atoms with Crippen LogP contribution in [0.2, 0.25) is 0 Å². The molecule has 5 heteroatoms. The topological polar surface area (TPSA) is 69.9 Å². The van der Waals surface area contributed by atoms with Crippen LogP contribution in [0.5, 0.6) is 0 Å². The quantitative estimate of drug-likeness (QED) is 0.663. The molecule has 5 nitrogen and oxygen atoms in total. The molecule has 76 valence electrons. The molecule has 0 saturated carbocycles. The van der Waals surface area contributed by atoms with Crippen molar-refractivity contribution in [2.75, 3.05) is 18.0 Å². The van der Waals surface area contributed by atoms with Crippen LogP contribution in [-0.2, 0) is 4.79 Å². The number of nitriles is 1. The molecule has 15 heavy (non-hydrogen) atoms. The highest BCUT2D eigenvalue weighted by atomic mass is 16.1. The van der Waals surface area contributed by atoms with Crippen LogP contribution in [0, 0.1) is 11.3 Å². The van der Waals surface area contributed by atoms with Gasteiger partial charge in [0.05, 0.1) is 12.4 Å². The van der Waals surface area contributed by atoms with Crippen molar-refractivity contribution < 1.29 is 4.79 Å². The average Bonchev–Trinajstić information content (AvgIpc) is 2.30. The normalized spacial score (nSPS) is 16.2. The Labute approximate surface area is 87.4 Å². The molecular weight excluding hydrogens is 192 g/mol. The molecule has 1 aromatic rings. The molecule has 0 aliphatic carbocycles. The summed E-state index contributed by atoms with van der Waals surface area (Å²) in [5.41, 5.74) is 0.312. The van der Waals surface area contributed by atoms with Gasteiger partial charge in [0.1, 0.15) is 17.7 Å². The number of nitrogens with zero attached hydrogens (tertiary/aromatic N) is 4. The molecule has 1 aromatic heterocycles. The lowest BCUT2D eigenvalue weighted by molar-refractivity contribution is -0.119. The summed E-state index contributed by atoms with van der Waals surface area (Å²) < 4.78 is 0. The Balaban J connectivity index is 2.10. The molecule has 1 aliphatic rings. The molecule has 1 fully saturated rings. The van der Waals surface area contributed by atoms with E-state index in [2.05, 4.69) is 9.97 Å². The molecule has 2 rings (SSSR count). The van der Waals surface area contributed by atoms with Gasteiger partial charge in [-0.15, -0.1) is 0 Å². The summed E-state index contributed by atoms with van der Waals surface area (Å²) in [5.74, 6) is 1.04. The molecule has 1 saturated heterocycles. The van der Waals surface area contributed by atoms with Crippen molar-refractivity contribution in [2.24, 2.45) is 0 Å². The number of carbonyl (C=O) groups is 1. The van der Waals surface area contributed by atoms with Gasteiger partial charge in [0, 0.05) is 25.9 Å². The zero-order valence-corrected chi connectivity index (χ0v) is 8.18. The maximum absolute atomic E-state index is 11.0. The standard InChI is InChI=1S/C10H10N4O/c11-5-8-6-13-10(7-12-8)14-3-1-9(15)2-4-14/h6-7H,1-4H2. The fourth-order valence-corrected chi connectivity index (χ4v) is 1.53. The van der Waals surface area contributed by atoms with Crippen LogP contribution in [-0.4, -0.2) is 28.8 Å². The summed E-state index contributed by atoms with van der Waals surface area (Å²) in [6.07, 6.45) is 4.17. The van der Waals surface area contributed by atoms with E-state index in [-0.39, 0.29) is 0 Å². The lowest BCUT2D eigenvalue weighted by Gasteiger charge is -2.26. The minimum Gasteiger partial charge on any atom is -0.354 e. The first-order valence-corrected chi connectivity index (χ1v) is 4.78. The smallest absolute Gasteiger partial charge is 0.158 e. The second-order valence-corrected chi connectivity index (χ2v) is 3.40. The van der Waals surface area contributed by atoms with Crippen LogP contribution in [0.15, 0.2) is 12.4 Å². The third-order valence-electron chi connectivity index (χ3n) is 2.40. The van der Waals surface area contributed by atoms with E-state index in [1.54, 1.807) is 6.20 Å². The number of rotatable bonds is 1. The van der Waals surface area contributed by atoms with Gasteiger partial charge in [0.2, 0.25) is 0 Å². The number of hydrogen-bond donors (Lipinski definition) is 0. The Morgan fingerprint density at radius 1 is 1.27 bits per heavy atom. The van der Waals surface area contributed by atoms with E-state index in [1.807, 2.05) is 11.0 Å². The minimum atomic E-state index is 0.299. The summed E-state index contributed by atoms with van der Waals surface area (Å²) in [4.78, 5) is 21.1. The Morgan fingerprint density at radius 2 is 2.00 bits per heavy atom. The Kier molecular flexibility index (Phi) is 2.59. The third-order valence-corrected chi connectivity index (χ3v) is 2.40. The van der Waals surface area contributed by atoms with Gasteiger partial charge < -0.3 is 4.90 Å². The van der Waals surface area contributed by atoms with Crippen LogP contribution in [0.3, 0.4) is 0 Å². The molecule has 0 aromatic carbocycles. The summed E-state index contributed by atoms with van der Waals surface area (Å²) >= 11 is 0. The maximum Gasteiger partial charge on any atom is 0.158 e. The monoisotopic (exact) mass is 202 g/mol. The molecule has 0 N–H and O–H groups in total. The van der Waals surface area contributed by atoms with Crippen molar-refractivity contribution in [3.05, 3.63) is 18.1 Å². The van der Waals surface area contributed by atoms with Gasteiger partial charge in [-0.05, 0) is 0 Å². The Hall–Kier alpha value is -1.96. The lowest BCUT2D eigenvalue weighted by Crippen LogP contribution is -2.34. The van der Waals surface area contributed by atoms with Gasteiger partial charge in [0.15, 0.2) is 5.69 Å². The predicted molar refractivity (Wildman–Crippen MR) is 53.2 cm³/mol. The molecule has 0 amide bonds. The first-order chi connectivity index (χ1) is 7.29. The Morgan fingerprint density at radius 3 is 2.53 bits per heavy atom. The maximum atomic E-state index is 11.0. The van der Waals surface area contributed by atoms with Crippen molar-refractivity contribution in [3.8, 4) is 6.07 Å². The highest BCUT2D eigenvalue weighted by molar-refractivity contribution is 5.80. The zero-order valence-electron chi connectivity index (χ0n) is 8.18. The number of aromatic nitrogens is 2. The SMILES string of the molecule is N#Cc1cnc(N2CCC(=O)CC2)cn1. The minimum absolute atomic E-state index is 0.299. The van der Waals surface area contributed by atoms with Crippen molar-refractivity contribution in [2.45, 2.75) is 12.8 Å². The van der Waals surface area contributed by atoms with Crippen LogP contribution in [0.1, 0.15) is 18.5 Å². The van der Waals surface area contributed by atoms with Gasteiger partial charge >= 0.3 is 0 Å². The summed E-state index contributed by atoms with van der Waals surface area (Å²) in [5, 5.41) is 8.56. The third kappa shape index (κ3) is 2.10. The summed E-state index contributed by atoms with van der Waals surface area (Å²) in [6, 6.07) is 1.92. The fourth-order valence-electron chi connectivity index (χ4n) is 1.53. The van der Waals surface area contributed by atoms with E-state index in [9.17, 15) is 4.79 Å². The number of piperidine rings is 1. The molecule has 2 heterocycles. The lowest BCUT2D eigenvalue weighted by atomic mass is 10.1. The van der Waals surface area contributed by atoms with Crippen molar-refractivity contribution >= 4 is 11.6 Å². The largest absolute Gasteiger partial charge is 0.354 e. The summed E-state index contributed by atoms with van der Waals surface area (Å²) in [6.45, 7) is 1.39. The first-order valence-electron chi connectivity index (χ1n) is 4.78. The van der Waals surface area contributed by atoms with E-state index < -0.39 is 0 Å². The van der Waals surface area contributed by atoms with Crippen LogP contribution < -0.4 is 4.90 Å². The average molecular weight is 202 g/mol. The number of Topliss-reactive ketones (excluding diaryl/α,β-unsaturated/α-hetero) is 1. The van der Waals surface area contributed by atoms with E-state index in [0.29, 0.717) is 37.4 Å². The molecule has 0 radical (unpaired) electrons. The fraction of sp³-hybridized carbons (Fsp3) is 0.400. The van der Waals surface area contributed by atoms with Crippen LogP contribution in [0.4, 0.5) is 5.82 Å². The second-order valence-electron chi connectivity index (χ2n) is 3.40. The zero-order chi connectivity index (χ0) is 10.7. The number of carbonyl (C=O) groups excluding carboxylic acids is 1. The van der Waals surface area contributed by atoms with Gasteiger partial charge in [-0.25, -0.2) is 9.97 Å². The number of ketones is 1. The first kappa shape index (κ1) is 9.59.